The fraction of sp³-hybridized carbons (Fsp3) is 0.375. The quantitative estimate of drug-likeness (QED) is 0.731. The molecule has 0 bridgehead atoms. The van der Waals surface area contributed by atoms with Crippen LogP contribution in [0.2, 0.25) is 0 Å². The van der Waals surface area contributed by atoms with Crippen LogP contribution in [0.5, 0.6) is 0 Å². The van der Waals surface area contributed by atoms with E-state index in [0.717, 1.165) is 6.42 Å². The van der Waals surface area contributed by atoms with Crippen LogP contribution in [0.4, 0.5) is 5.69 Å². The van der Waals surface area contributed by atoms with Crippen LogP contribution in [0.25, 0.3) is 0 Å². The van der Waals surface area contributed by atoms with Gasteiger partial charge < -0.3 is 15.1 Å². The van der Waals surface area contributed by atoms with Crippen molar-refractivity contribution in [2.24, 2.45) is 5.92 Å². The third-order valence-corrected chi connectivity index (χ3v) is 5.53. The Bertz CT molecular complexity index is 894. The molecule has 1 unspecified atom stereocenters. The van der Waals surface area contributed by atoms with Gasteiger partial charge >= 0.3 is 0 Å². The lowest BCUT2D eigenvalue weighted by Gasteiger charge is -2.19. The van der Waals surface area contributed by atoms with E-state index in [2.05, 4.69) is 5.32 Å². The number of rotatable bonds is 8. The highest BCUT2D eigenvalue weighted by molar-refractivity contribution is 5.99. The van der Waals surface area contributed by atoms with E-state index < -0.39 is 0 Å². The molecule has 30 heavy (non-hydrogen) atoms. The molecule has 0 saturated carbocycles. The van der Waals surface area contributed by atoms with Gasteiger partial charge in [0, 0.05) is 43.9 Å². The van der Waals surface area contributed by atoms with Gasteiger partial charge in [0.05, 0.1) is 5.92 Å². The maximum Gasteiger partial charge on any atom is 0.253 e. The molecule has 0 aromatic heterocycles. The maximum atomic E-state index is 12.7. The van der Waals surface area contributed by atoms with Gasteiger partial charge in [0.1, 0.15) is 0 Å². The van der Waals surface area contributed by atoms with Gasteiger partial charge in [-0.1, -0.05) is 36.4 Å². The Labute approximate surface area is 177 Å². The fourth-order valence-corrected chi connectivity index (χ4v) is 3.74. The number of amides is 3. The minimum Gasteiger partial charge on any atom is -0.342 e. The highest BCUT2D eigenvalue weighted by Gasteiger charge is 2.34. The zero-order valence-corrected chi connectivity index (χ0v) is 17.6. The van der Waals surface area contributed by atoms with E-state index >= 15 is 0 Å². The Kier molecular flexibility index (Phi) is 7.22. The molecule has 0 aliphatic carbocycles. The molecule has 3 rings (SSSR count). The molecule has 1 atom stereocenters. The maximum absolute atomic E-state index is 12.7. The molecule has 6 heteroatoms. The van der Waals surface area contributed by atoms with Crippen LogP contribution in [0.3, 0.4) is 0 Å². The van der Waals surface area contributed by atoms with Crippen molar-refractivity contribution in [1.29, 1.82) is 0 Å². The van der Waals surface area contributed by atoms with Crippen LogP contribution >= 0.6 is 0 Å². The van der Waals surface area contributed by atoms with Crippen LogP contribution in [-0.2, 0) is 16.0 Å². The van der Waals surface area contributed by atoms with E-state index in [-0.39, 0.29) is 30.1 Å². The molecule has 1 heterocycles. The first-order valence-electron chi connectivity index (χ1n) is 10.5. The largest absolute Gasteiger partial charge is 0.342 e. The topological polar surface area (TPSA) is 69.7 Å². The summed E-state index contributed by atoms with van der Waals surface area (Å²) in [5.74, 6) is -0.607. The minimum atomic E-state index is -0.379. The summed E-state index contributed by atoms with van der Waals surface area (Å²) < 4.78 is 0. The number of nitrogens with one attached hydrogen (secondary N) is 1. The molecular weight excluding hydrogens is 378 g/mol. The van der Waals surface area contributed by atoms with Gasteiger partial charge in [-0.25, -0.2) is 0 Å². The highest BCUT2D eigenvalue weighted by Crippen LogP contribution is 2.21. The molecule has 1 saturated heterocycles. The van der Waals surface area contributed by atoms with Crippen molar-refractivity contribution in [3.63, 3.8) is 0 Å². The number of benzene rings is 2. The van der Waals surface area contributed by atoms with Gasteiger partial charge in [0.2, 0.25) is 11.8 Å². The molecule has 2 aromatic carbocycles. The lowest BCUT2D eigenvalue weighted by Crippen LogP contribution is -2.31. The first-order valence-corrected chi connectivity index (χ1v) is 10.5. The Morgan fingerprint density at radius 2 is 1.80 bits per heavy atom. The smallest absolute Gasteiger partial charge is 0.253 e. The Morgan fingerprint density at radius 1 is 1.07 bits per heavy atom. The second kappa shape index (κ2) is 10.1. The highest BCUT2D eigenvalue weighted by atomic mass is 16.2. The number of anilines is 1. The van der Waals surface area contributed by atoms with Gasteiger partial charge in [0.25, 0.3) is 5.91 Å². The van der Waals surface area contributed by atoms with E-state index in [1.807, 2.05) is 44.2 Å². The van der Waals surface area contributed by atoms with E-state index in [1.54, 1.807) is 34.1 Å². The molecule has 1 aliphatic rings. The van der Waals surface area contributed by atoms with Crippen molar-refractivity contribution in [2.45, 2.75) is 26.7 Å². The van der Waals surface area contributed by atoms with Crippen LogP contribution in [0, 0.1) is 5.92 Å². The van der Waals surface area contributed by atoms with E-state index in [9.17, 15) is 14.4 Å². The second-order valence-electron chi connectivity index (χ2n) is 7.52. The Hall–Kier alpha value is -3.15. The summed E-state index contributed by atoms with van der Waals surface area (Å²) in [4.78, 5) is 41.1. The van der Waals surface area contributed by atoms with Crippen molar-refractivity contribution < 1.29 is 14.4 Å². The van der Waals surface area contributed by atoms with E-state index in [0.29, 0.717) is 37.4 Å². The standard InChI is InChI=1S/C24H29N3O3/c1-3-26(4-2)24(30)19-11-8-12-21(15-19)25-23(29)20-16-22(28)27(17-20)14-13-18-9-6-5-7-10-18/h5-12,15,20H,3-4,13-14,16-17H2,1-2H3,(H,25,29). The molecule has 0 spiro atoms. The van der Waals surface area contributed by atoms with Crippen LogP contribution in [-0.4, -0.2) is 53.7 Å². The van der Waals surface area contributed by atoms with Crippen molar-refractivity contribution in [3.8, 4) is 0 Å². The molecule has 6 nitrogen and oxygen atoms in total. The Morgan fingerprint density at radius 3 is 2.50 bits per heavy atom. The number of hydrogen-bond acceptors (Lipinski definition) is 3. The van der Waals surface area contributed by atoms with Gasteiger partial charge in [-0.2, -0.15) is 0 Å². The average molecular weight is 408 g/mol. The summed E-state index contributed by atoms with van der Waals surface area (Å²) in [5.41, 5.74) is 2.30. The summed E-state index contributed by atoms with van der Waals surface area (Å²) in [5, 5.41) is 2.88. The van der Waals surface area contributed by atoms with Gasteiger partial charge in [0.15, 0.2) is 0 Å². The first kappa shape index (κ1) is 21.6. The van der Waals surface area contributed by atoms with Gasteiger partial charge in [-0.3, -0.25) is 14.4 Å². The van der Waals surface area contributed by atoms with Gasteiger partial charge in [-0.05, 0) is 44.0 Å². The fourth-order valence-electron chi connectivity index (χ4n) is 3.74. The zero-order valence-electron chi connectivity index (χ0n) is 17.6. The molecular formula is C24H29N3O3. The second-order valence-corrected chi connectivity index (χ2v) is 7.52. The van der Waals surface area contributed by atoms with Crippen molar-refractivity contribution in [2.75, 3.05) is 31.5 Å². The summed E-state index contributed by atoms with van der Waals surface area (Å²) in [6.07, 6.45) is 0.995. The van der Waals surface area contributed by atoms with E-state index in [1.165, 1.54) is 5.56 Å². The molecule has 1 N–H and O–H groups in total. The number of carbonyl (C=O) groups is 3. The lowest BCUT2D eigenvalue weighted by atomic mass is 10.1. The summed E-state index contributed by atoms with van der Waals surface area (Å²) in [6, 6.07) is 17.0. The zero-order chi connectivity index (χ0) is 21.5. The van der Waals surface area contributed by atoms with Crippen molar-refractivity contribution in [3.05, 3.63) is 65.7 Å². The average Bonchev–Trinajstić information content (AvgIpc) is 3.14. The number of carbonyl (C=O) groups excluding carboxylic acids is 3. The van der Waals surface area contributed by atoms with Crippen molar-refractivity contribution >= 4 is 23.4 Å². The third kappa shape index (κ3) is 5.26. The number of nitrogens with zero attached hydrogens (tertiary/aromatic N) is 2. The van der Waals surface area contributed by atoms with Gasteiger partial charge in [-0.15, -0.1) is 0 Å². The summed E-state index contributed by atoms with van der Waals surface area (Å²) in [7, 11) is 0. The molecule has 3 amide bonds. The minimum absolute atomic E-state index is 0.0107. The molecule has 2 aromatic rings. The first-order chi connectivity index (χ1) is 14.5. The predicted octanol–water partition coefficient (Wildman–Crippen LogP) is 3.20. The monoisotopic (exact) mass is 407 g/mol. The molecule has 158 valence electrons. The lowest BCUT2D eigenvalue weighted by molar-refractivity contribution is -0.128. The number of hydrogen-bond donors (Lipinski definition) is 1. The van der Waals surface area contributed by atoms with Crippen molar-refractivity contribution in [1.82, 2.24) is 9.80 Å². The molecule has 1 aliphatic heterocycles. The summed E-state index contributed by atoms with van der Waals surface area (Å²) >= 11 is 0. The Balaban J connectivity index is 1.58. The molecule has 1 fully saturated rings. The SMILES string of the molecule is CCN(CC)C(=O)c1cccc(NC(=O)C2CC(=O)N(CCc3ccccc3)C2)c1. The van der Waals surface area contributed by atoms with E-state index in [4.69, 9.17) is 0 Å². The summed E-state index contributed by atoms with van der Waals surface area (Å²) in [6.45, 7) is 6.18. The van der Waals surface area contributed by atoms with Crippen LogP contribution < -0.4 is 5.32 Å². The van der Waals surface area contributed by atoms with Crippen LogP contribution in [0.1, 0.15) is 36.2 Å². The molecule has 0 radical (unpaired) electrons. The predicted molar refractivity (Wildman–Crippen MR) is 117 cm³/mol. The normalized spacial score (nSPS) is 15.9. The third-order valence-electron chi connectivity index (χ3n) is 5.53. The van der Waals surface area contributed by atoms with Crippen LogP contribution in [0.15, 0.2) is 54.6 Å². The number of likely N-dealkylation sites (tertiary alicyclic amines) is 1.